The van der Waals surface area contributed by atoms with E-state index in [4.69, 9.17) is 0 Å². The van der Waals surface area contributed by atoms with Crippen molar-refractivity contribution in [2.75, 3.05) is 0 Å². The monoisotopic (exact) mass is 283 g/mol. The Morgan fingerprint density at radius 2 is 1.90 bits per heavy atom. The second-order valence-electron chi connectivity index (χ2n) is 5.61. The number of carbonyl (C=O) groups excluding carboxylic acids is 1. The van der Waals surface area contributed by atoms with Crippen LogP contribution in [0.25, 0.3) is 11.1 Å². The Morgan fingerprint density at radius 3 is 2.52 bits per heavy atom. The first-order valence-electron chi connectivity index (χ1n) is 7.30. The highest BCUT2D eigenvalue weighted by molar-refractivity contribution is 5.84. The summed E-state index contributed by atoms with van der Waals surface area (Å²) in [6.07, 6.45) is 2.11. The van der Waals surface area contributed by atoms with Gasteiger partial charge in [0.25, 0.3) is 0 Å². The molecule has 1 saturated carbocycles. The minimum absolute atomic E-state index is 0.0237. The van der Waals surface area contributed by atoms with Gasteiger partial charge in [-0.15, -0.1) is 0 Å². The zero-order valence-electron chi connectivity index (χ0n) is 12.0. The third kappa shape index (κ3) is 3.13. The van der Waals surface area contributed by atoms with Gasteiger partial charge >= 0.3 is 0 Å². The highest BCUT2D eigenvalue weighted by atomic mass is 19.1. The molecule has 3 heteroatoms. The van der Waals surface area contributed by atoms with Crippen molar-refractivity contribution >= 4 is 5.91 Å². The highest BCUT2D eigenvalue weighted by Gasteiger charge is 2.26. The average molecular weight is 283 g/mol. The van der Waals surface area contributed by atoms with Crippen LogP contribution >= 0.6 is 0 Å². The van der Waals surface area contributed by atoms with Gasteiger partial charge in [0.05, 0.1) is 5.92 Å². The summed E-state index contributed by atoms with van der Waals surface area (Å²) in [5.74, 6) is -0.640. The molecule has 2 nitrogen and oxygen atoms in total. The van der Waals surface area contributed by atoms with E-state index in [-0.39, 0.29) is 17.6 Å². The van der Waals surface area contributed by atoms with Crippen molar-refractivity contribution in [3.8, 4) is 11.1 Å². The zero-order valence-corrected chi connectivity index (χ0v) is 12.0. The smallest absolute Gasteiger partial charge is 0.227 e. The van der Waals surface area contributed by atoms with Crippen molar-refractivity contribution in [1.29, 1.82) is 0 Å². The van der Waals surface area contributed by atoms with E-state index in [1.165, 1.54) is 6.07 Å². The topological polar surface area (TPSA) is 29.1 Å². The Balaban J connectivity index is 1.81. The molecule has 0 heterocycles. The summed E-state index contributed by atoms with van der Waals surface area (Å²) in [7, 11) is 0. The van der Waals surface area contributed by atoms with Crippen LogP contribution < -0.4 is 5.32 Å². The maximum Gasteiger partial charge on any atom is 0.227 e. The molecule has 0 bridgehead atoms. The molecule has 0 saturated heterocycles. The minimum Gasteiger partial charge on any atom is -0.353 e. The van der Waals surface area contributed by atoms with Crippen molar-refractivity contribution in [3.63, 3.8) is 0 Å². The van der Waals surface area contributed by atoms with Gasteiger partial charge in [-0.25, -0.2) is 4.39 Å². The van der Waals surface area contributed by atoms with Crippen LogP contribution in [0.1, 0.15) is 31.2 Å². The van der Waals surface area contributed by atoms with Crippen molar-refractivity contribution in [2.24, 2.45) is 0 Å². The summed E-state index contributed by atoms with van der Waals surface area (Å²) in [6.45, 7) is 1.81. The molecule has 3 rings (SSSR count). The molecule has 21 heavy (non-hydrogen) atoms. The normalized spacial score (nSPS) is 15.5. The predicted molar refractivity (Wildman–Crippen MR) is 81.4 cm³/mol. The van der Waals surface area contributed by atoms with Crippen molar-refractivity contribution in [3.05, 3.63) is 59.9 Å². The van der Waals surface area contributed by atoms with E-state index in [1.807, 2.05) is 43.3 Å². The van der Waals surface area contributed by atoms with E-state index in [2.05, 4.69) is 5.32 Å². The molecule has 0 aromatic heterocycles. The molecule has 1 unspecified atom stereocenters. The first-order valence-corrected chi connectivity index (χ1v) is 7.30. The SMILES string of the molecule is CC(C(=O)NC1CC1)c1ccc(-c2ccccc2)c(F)c1. The van der Waals surface area contributed by atoms with Crippen LogP contribution in [-0.4, -0.2) is 11.9 Å². The van der Waals surface area contributed by atoms with E-state index in [9.17, 15) is 9.18 Å². The number of hydrogen-bond acceptors (Lipinski definition) is 1. The number of hydrogen-bond donors (Lipinski definition) is 1. The van der Waals surface area contributed by atoms with Gasteiger partial charge in [0.1, 0.15) is 5.82 Å². The zero-order chi connectivity index (χ0) is 14.8. The third-order valence-corrected chi connectivity index (χ3v) is 3.89. The van der Waals surface area contributed by atoms with E-state index in [0.717, 1.165) is 18.4 Å². The first-order chi connectivity index (χ1) is 10.1. The standard InChI is InChI=1S/C18H18FNO/c1-12(18(21)20-15-8-9-15)14-7-10-16(17(19)11-14)13-5-3-2-4-6-13/h2-7,10-12,15H,8-9H2,1H3,(H,20,21). The fourth-order valence-electron chi connectivity index (χ4n) is 2.36. The quantitative estimate of drug-likeness (QED) is 0.906. The Kier molecular flexibility index (Phi) is 3.74. The van der Waals surface area contributed by atoms with Gasteiger partial charge in [-0.1, -0.05) is 42.5 Å². The molecule has 2 aromatic rings. The van der Waals surface area contributed by atoms with Crippen LogP contribution in [0.2, 0.25) is 0 Å². The second-order valence-corrected chi connectivity index (χ2v) is 5.61. The number of benzene rings is 2. The molecule has 1 aliphatic carbocycles. The molecule has 1 N–H and O–H groups in total. The molecule has 1 atom stereocenters. The molecule has 1 amide bonds. The fourth-order valence-corrected chi connectivity index (χ4v) is 2.36. The Bertz CT molecular complexity index is 650. The summed E-state index contributed by atoms with van der Waals surface area (Å²) < 4.78 is 14.3. The molecule has 108 valence electrons. The number of halogens is 1. The lowest BCUT2D eigenvalue weighted by atomic mass is 9.96. The molecule has 0 spiro atoms. The highest BCUT2D eigenvalue weighted by Crippen LogP contribution is 2.27. The predicted octanol–water partition coefficient (Wildman–Crippen LogP) is 3.87. The van der Waals surface area contributed by atoms with Crippen molar-refractivity contribution in [1.82, 2.24) is 5.32 Å². The first kappa shape index (κ1) is 13.8. The van der Waals surface area contributed by atoms with Gasteiger partial charge in [0.2, 0.25) is 5.91 Å². The maximum absolute atomic E-state index is 14.3. The summed E-state index contributed by atoms with van der Waals surface area (Å²) in [6, 6.07) is 14.8. The fraction of sp³-hybridized carbons (Fsp3) is 0.278. The van der Waals surface area contributed by atoms with Gasteiger partial charge in [-0.3, -0.25) is 4.79 Å². The molecule has 1 fully saturated rings. The van der Waals surface area contributed by atoms with Gasteiger partial charge in [-0.2, -0.15) is 0 Å². The third-order valence-electron chi connectivity index (χ3n) is 3.89. The Labute approximate surface area is 124 Å². The lowest BCUT2D eigenvalue weighted by molar-refractivity contribution is -0.122. The van der Waals surface area contributed by atoms with Crippen LogP contribution in [0.5, 0.6) is 0 Å². The molecular formula is C18H18FNO. The van der Waals surface area contributed by atoms with Gasteiger partial charge in [-0.05, 0) is 37.0 Å². The summed E-state index contributed by atoms with van der Waals surface area (Å²) >= 11 is 0. The number of amides is 1. The summed E-state index contributed by atoms with van der Waals surface area (Å²) in [5, 5.41) is 2.96. The minimum atomic E-state index is -0.329. The molecular weight excluding hydrogens is 265 g/mol. The van der Waals surface area contributed by atoms with Gasteiger partial charge < -0.3 is 5.32 Å². The number of nitrogens with one attached hydrogen (secondary N) is 1. The maximum atomic E-state index is 14.3. The van der Waals surface area contributed by atoms with Gasteiger partial charge in [0, 0.05) is 11.6 Å². The van der Waals surface area contributed by atoms with Crippen molar-refractivity contribution < 1.29 is 9.18 Å². The molecule has 1 aliphatic rings. The summed E-state index contributed by atoms with van der Waals surface area (Å²) in [4.78, 5) is 12.0. The largest absolute Gasteiger partial charge is 0.353 e. The van der Waals surface area contributed by atoms with E-state index < -0.39 is 0 Å². The number of rotatable bonds is 4. The molecule has 2 aromatic carbocycles. The Morgan fingerprint density at radius 1 is 1.19 bits per heavy atom. The molecule has 0 aliphatic heterocycles. The Hall–Kier alpha value is -2.16. The lowest BCUT2D eigenvalue weighted by Crippen LogP contribution is -2.29. The van der Waals surface area contributed by atoms with Crippen LogP contribution in [0.3, 0.4) is 0 Å². The van der Waals surface area contributed by atoms with Gasteiger partial charge in [0.15, 0.2) is 0 Å². The van der Waals surface area contributed by atoms with E-state index in [0.29, 0.717) is 17.2 Å². The van der Waals surface area contributed by atoms with Crippen LogP contribution in [-0.2, 0) is 4.79 Å². The summed E-state index contributed by atoms with van der Waals surface area (Å²) in [5.41, 5.74) is 2.12. The van der Waals surface area contributed by atoms with Crippen LogP contribution in [0.15, 0.2) is 48.5 Å². The van der Waals surface area contributed by atoms with E-state index in [1.54, 1.807) is 6.07 Å². The lowest BCUT2D eigenvalue weighted by Gasteiger charge is -2.13. The average Bonchev–Trinajstić information content (AvgIpc) is 3.31. The van der Waals surface area contributed by atoms with Crippen LogP contribution in [0, 0.1) is 5.82 Å². The van der Waals surface area contributed by atoms with E-state index >= 15 is 0 Å². The van der Waals surface area contributed by atoms with Crippen LogP contribution in [0.4, 0.5) is 4.39 Å². The second kappa shape index (κ2) is 5.68. The molecule has 0 radical (unpaired) electrons. The number of carbonyl (C=O) groups is 1. The van der Waals surface area contributed by atoms with Crippen molar-refractivity contribution in [2.45, 2.75) is 31.7 Å².